The highest BCUT2D eigenvalue weighted by Crippen LogP contribution is 2.21. The summed E-state index contributed by atoms with van der Waals surface area (Å²) in [5.41, 5.74) is 0.568. The van der Waals surface area contributed by atoms with Crippen LogP contribution in [0.25, 0.3) is 10.9 Å². The summed E-state index contributed by atoms with van der Waals surface area (Å²) in [5, 5.41) is 1.15. The molecule has 0 spiro atoms. The summed E-state index contributed by atoms with van der Waals surface area (Å²) in [6, 6.07) is 7.23. The fraction of sp³-hybridized carbons (Fsp3) is 0.316. The van der Waals surface area contributed by atoms with Gasteiger partial charge in [-0.15, -0.1) is 13.2 Å². The molecule has 1 amide bonds. The molecule has 25 heavy (non-hydrogen) atoms. The Bertz CT molecular complexity index is 832. The van der Waals surface area contributed by atoms with Crippen LogP contribution >= 0.6 is 11.8 Å². The van der Waals surface area contributed by atoms with Crippen molar-refractivity contribution < 1.29 is 4.79 Å². The Morgan fingerprint density at radius 1 is 1.28 bits per heavy atom. The Hall–Kier alpha value is -2.34. The molecule has 2 aromatic rings. The van der Waals surface area contributed by atoms with E-state index in [1.807, 2.05) is 32.0 Å². The lowest BCUT2D eigenvalue weighted by atomic mass is 10.2. The van der Waals surface area contributed by atoms with E-state index < -0.39 is 0 Å². The fourth-order valence-electron chi connectivity index (χ4n) is 2.49. The lowest BCUT2D eigenvalue weighted by molar-refractivity contribution is -0.127. The molecular formula is C19H23N3O2S. The summed E-state index contributed by atoms with van der Waals surface area (Å²) in [6.07, 6.45) is 3.37. The third kappa shape index (κ3) is 4.39. The summed E-state index contributed by atoms with van der Waals surface area (Å²) in [6.45, 7) is 12.2. The zero-order chi connectivity index (χ0) is 18.4. The van der Waals surface area contributed by atoms with Gasteiger partial charge >= 0.3 is 0 Å². The topological polar surface area (TPSA) is 55.2 Å². The van der Waals surface area contributed by atoms with Gasteiger partial charge in [-0.1, -0.05) is 36.0 Å². The van der Waals surface area contributed by atoms with Gasteiger partial charge in [-0.3, -0.25) is 14.2 Å². The lowest BCUT2D eigenvalue weighted by Crippen LogP contribution is -2.33. The zero-order valence-corrected chi connectivity index (χ0v) is 15.5. The predicted molar refractivity (Wildman–Crippen MR) is 104 cm³/mol. The summed E-state index contributed by atoms with van der Waals surface area (Å²) in [7, 11) is 0. The van der Waals surface area contributed by atoms with Gasteiger partial charge in [0.2, 0.25) is 5.91 Å². The molecule has 1 aromatic carbocycles. The second kappa shape index (κ2) is 8.67. The number of carbonyl (C=O) groups is 1. The van der Waals surface area contributed by atoms with Crippen LogP contribution in [0.5, 0.6) is 0 Å². The van der Waals surface area contributed by atoms with Crippen LogP contribution in [0, 0.1) is 0 Å². The molecule has 0 unspecified atom stereocenters. The molecule has 0 N–H and O–H groups in total. The molecule has 132 valence electrons. The Morgan fingerprint density at radius 3 is 2.52 bits per heavy atom. The van der Waals surface area contributed by atoms with Crippen molar-refractivity contribution in [1.29, 1.82) is 0 Å². The maximum atomic E-state index is 12.8. The van der Waals surface area contributed by atoms with Crippen molar-refractivity contribution in [3.8, 4) is 0 Å². The van der Waals surface area contributed by atoms with E-state index >= 15 is 0 Å². The monoisotopic (exact) mass is 357 g/mol. The fourth-order valence-corrected chi connectivity index (χ4v) is 3.52. The zero-order valence-electron chi connectivity index (χ0n) is 14.6. The van der Waals surface area contributed by atoms with Gasteiger partial charge in [0.25, 0.3) is 5.56 Å². The molecule has 0 saturated heterocycles. The van der Waals surface area contributed by atoms with Crippen molar-refractivity contribution in [1.82, 2.24) is 14.5 Å². The van der Waals surface area contributed by atoms with Crippen LogP contribution in [0.2, 0.25) is 0 Å². The highest BCUT2D eigenvalue weighted by atomic mass is 32.2. The number of nitrogens with zero attached hydrogens (tertiary/aromatic N) is 3. The van der Waals surface area contributed by atoms with E-state index in [0.29, 0.717) is 29.1 Å². The SMILES string of the molecule is C=CCN(CC=C)C(=O)CSc1nc2ccccc2c(=O)n1C(C)C. The number of amides is 1. The van der Waals surface area contributed by atoms with Crippen LogP contribution in [0.1, 0.15) is 19.9 Å². The first kappa shape index (κ1) is 19.0. The van der Waals surface area contributed by atoms with Crippen LogP contribution in [-0.4, -0.2) is 39.2 Å². The molecule has 5 nitrogen and oxygen atoms in total. The van der Waals surface area contributed by atoms with Crippen LogP contribution in [0.3, 0.4) is 0 Å². The summed E-state index contributed by atoms with van der Waals surface area (Å²) < 4.78 is 1.64. The van der Waals surface area contributed by atoms with Gasteiger partial charge in [-0.2, -0.15) is 0 Å². The Kier molecular flexibility index (Phi) is 6.58. The van der Waals surface area contributed by atoms with E-state index in [0.717, 1.165) is 0 Å². The molecule has 1 heterocycles. The molecule has 0 aliphatic carbocycles. The number of rotatable bonds is 8. The number of fused-ring (bicyclic) bond motifs is 1. The minimum atomic E-state index is -0.0791. The molecule has 0 fully saturated rings. The number of benzene rings is 1. The maximum Gasteiger partial charge on any atom is 0.262 e. The highest BCUT2D eigenvalue weighted by molar-refractivity contribution is 7.99. The van der Waals surface area contributed by atoms with Gasteiger partial charge in [0.1, 0.15) is 0 Å². The Balaban J connectivity index is 2.32. The molecule has 2 rings (SSSR count). The van der Waals surface area contributed by atoms with E-state index in [9.17, 15) is 9.59 Å². The Labute approximate surface area is 152 Å². The van der Waals surface area contributed by atoms with Crippen molar-refractivity contribution in [2.75, 3.05) is 18.8 Å². The number of thioether (sulfide) groups is 1. The predicted octanol–water partition coefficient (Wildman–Crippen LogP) is 3.27. The highest BCUT2D eigenvalue weighted by Gasteiger charge is 2.17. The van der Waals surface area contributed by atoms with Gasteiger partial charge in [-0.05, 0) is 26.0 Å². The first-order chi connectivity index (χ1) is 12.0. The van der Waals surface area contributed by atoms with Gasteiger partial charge in [0.05, 0.1) is 16.7 Å². The molecule has 0 aliphatic heterocycles. The number of hydrogen-bond acceptors (Lipinski definition) is 4. The molecule has 1 aromatic heterocycles. The third-order valence-electron chi connectivity index (χ3n) is 3.67. The van der Waals surface area contributed by atoms with Crippen molar-refractivity contribution >= 4 is 28.6 Å². The number of carbonyl (C=O) groups excluding carboxylic acids is 1. The minimum Gasteiger partial charge on any atom is -0.335 e. The first-order valence-corrected chi connectivity index (χ1v) is 9.11. The van der Waals surface area contributed by atoms with Gasteiger partial charge < -0.3 is 4.90 Å². The molecular weight excluding hydrogens is 334 g/mol. The summed E-state index contributed by atoms with van der Waals surface area (Å²) in [5.74, 6) is 0.168. The largest absolute Gasteiger partial charge is 0.335 e. The van der Waals surface area contributed by atoms with E-state index in [1.54, 1.807) is 27.7 Å². The van der Waals surface area contributed by atoms with Crippen LogP contribution in [0.4, 0.5) is 0 Å². The van der Waals surface area contributed by atoms with E-state index in [2.05, 4.69) is 18.1 Å². The first-order valence-electron chi connectivity index (χ1n) is 8.13. The molecule has 0 aliphatic rings. The number of hydrogen-bond donors (Lipinski definition) is 0. The number of aromatic nitrogens is 2. The van der Waals surface area contributed by atoms with Crippen LogP contribution in [-0.2, 0) is 4.79 Å². The van der Waals surface area contributed by atoms with E-state index in [1.165, 1.54) is 11.8 Å². The number of para-hydroxylation sites is 1. The quantitative estimate of drug-likeness (QED) is 0.413. The smallest absolute Gasteiger partial charge is 0.262 e. The normalized spacial score (nSPS) is 10.8. The lowest BCUT2D eigenvalue weighted by Gasteiger charge is -2.20. The summed E-state index contributed by atoms with van der Waals surface area (Å²) >= 11 is 1.28. The molecule has 0 saturated carbocycles. The second-order valence-corrected chi connectivity index (χ2v) is 6.79. The Morgan fingerprint density at radius 2 is 1.92 bits per heavy atom. The molecule has 6 heteroatoms. The molecule has 0 radical (unpaired) electrons. The van der Waals surface area contributed by atoms with Crippen molar-refractivity contribution in [2.24, 2.45) is 0 Å². The molecule has 0 bridgehead atoms. The third-order valence-corrected chi connectivity index (χ3v) is 4.61. The van der Waals surface area contributed by atoms with Crippen LogP contribution in [0.15, 0.2) is 59.5 Å². The second-order valence-electron chi connectivity index (χ2n) is 5.85. The van der Waals surface area contributed by atoms with Gasteiger partial charge in [0.15, 0.2) is 5.16 Å². The average molecular weight is 357 g/mol. The van der Waals surface area contributed by atoms with Crippen molar-refractivity contribution in [2.45, 2.75) is 25.0 Å². The van der Waals surface area contributed by atoms with Crippen molar-refractivity contribution in [3.63, 3.8) is 0 Å². The van der Waals surface area contributed by atoms with Crippen LogP contribution < -0.4 is 5.56 Å². The maximum absolute atomic E-state index is 12.8. The van der Waals surface area contributed by atoms with Gasteiger partial charge in [-0.25, -0.2) is 4.98 Å². The minimum absolute atomic E-state index is 0.0393. The standard InChI is InChI=1S/C19H23N3O2S/c1-5-11-21(12-6-2)17(23)13-25-19-20-16-10-8-7-9-15(16)18(24)22(19)14(3)4/h5-10,14H,1-2,11-13H2,3-4H3. The molecule has 0 atom stereocenters. The van der Waals surface area contributed by atoms with Gasteiger partial charge in [0, 0.05) is 19.1 Å². The van der Waals surface area contributed by atoms with E-state index in [-0.39, 0.29) is 23.3 Å². The van der Waals surface area contributed by atoms with E-state index in [4.69, 9.17) is 0 Å². The average Bonchev–Trinajstić information content (AvgIpc) is 2.59. The summed E-state index contributed by atoms with van der Waals surface area (Å²) in [4.78, 5) is 31.4. The van der Waals surface area contributed by atoms with Crippen molar-refractivity contribution in [3.05, 3.63) is 59.9 Å².